The van der Waals surface area contributed by atoms with Gasteiger partial charge in [-0.2, -0.15) is 0 Å². The number of hydrogen-bond donors (Lipinski definition) is 1. The molecule has 2 nitrogen and oxygen atoms in total. The number of halogens is 1. The van der Waals surface area contributed by atoms with E-state index in [1.807, 2.05) is 6.92 Å². The number of nitrogens with one attached hydrogen (secondary N) is 1. The van der Waals surface area contributed by atoms with Crippen LogP contribution >= 0.6 is 15.9 Å². The second-order valence-electron chi connectivity index (χ2n) is 3.51. The lowest BCUT2D eigenvalue weighted by Crippen LogP contribution is -2.36. The Morgan fingerprint density at radius 1 is 1.38 bits per heavy atom. The van der Waals surface area contributed by atoms with Crippen molar-refractivity contribution in [3.63, 3.8) is 0 Å². The third-order valence-corrected chi connectivity index (χ3v) is 2.74. The Hall–Kier alpha value is 0.400. The molecule has 3 heteroatoms. The van der Waals surface area contributed by atoms with Gasteiger partial charge in [0.1, 0.15) is 0 Å². The molecule has 0 saturated carbocycles. The predicted molar refractivity (Wildman–Crippen MR) is 61.5 cm³/mol. The second-order valence-corrected chi connectivity index (χ2v) is 4.16. The molecule has 0 heterocycles. The van der Waals surface area contributed by atoms with Crippen molar-refractivity contribution < 1.29 is 4.74 Å². The van der Waals surface area contributed by atoms with E-state index in [0.29, 0.717) is 12.0 Å². The van der Waals surface area contributed by atoms with Crippen molar-refractivity contribution in [1.29, 1.82) is 0 Å². The minimum absolute atomic E-state index is 0.585. The Labute approximate surface area is 90.6 Å². The lowest BCUT2D eigenvalue weighted by atomic mass is 10.1. The van der Waals surface area contributed by atoms with Crippen molar-refractivity contribution in [1.82, 2.24) is 5.32 Å². The smallest absolute Gasteiger partial charge is 0.0477 e. The lowest BCUT2D eigenvalue weighted by molar-refractivity contribution is 0.144. The summed E-state index contributed by atoms with van der Waals surface area (Å²) in [6.07, 6.45) is 1.10. The van der Waals surface area contributed by atoms with Crippen molar-refractivity contribution in [3.05, 3.63) is 0 Å². The third kappa shape index (κ3) is 7.47. The Bertz CT molecular complexity index is 109. The monoisotopic (exact) mass is 251 g/mol. The number of ether oxygens (including phenoxy) is 1. The molecule has 0 spiro atoms. The van der Waals surface area contributed by atoms with Gasteiger partial charge in [-0.1, -0.05) is 29.8 Å². The van der Waals surface area contributed by atoms with E-state index in [2.05, 4.69) is 35.1 Å². The van der Waals surface area contributed by atoms with Gasteiger partial charge in [-0.05, 0) is 25.8 Å². The largest absolute Gasteiger partial charge is 0.382 e. The molecule has 0 radical (unpaired) electrons. The summed E-state index contributed by atoms with van der Waals surface area (Å²) in [5, 5.41) is 4.53. The quantitative estimate of drug-likeness (QED) is 0.529. The zero-order valence-electron chi connectivity index (χ0n) is 8.98. The fourth-order valence-corrected chi connectivity index (χ4v) is 2.05. The van der Waals surface area contributed by atoms with E-state index in [-0.39, 0.29) is 0 Å². The van der Waals surface area contributed by atoms with Crippen LogP contribution in [0.2, 0.25) is 0 Å². The molecule has 1 N–H and O–H groups in total. The molecule has 0 aliphatic heterocycles. The van der Waals surface area contributed by atoms with Crippen LogP contribution < -0.4 is 5.32 Å². The topological polar surface area (TPSA) is 21.3 Å². The van der Waals surface area contributed by atoms with Crippen LogP contribution in [-0.2, 0) is 4.74 Å². The average molecular weight is 252 g/mol. The summed E-state index contributed by atoms with van der Waals surface area (Å²) < 4.78 is 5.26. The van der Waals surface area contributed by atoms with E-state index >= 15 is 0 Å². The van der Waals surface area contributed by atoms with Crippen LogP contribution in [0.3, 0.4) is 0 Å². The van der Waals surface area contributed by atoms with Gasteiger partial charge >= 0.3 is 0 Å². The maximum atomic E-state index is 5.26. The fraction of sp³-hybridized carbons (Fsp3) is 1.00. The first-order valence-electron chi connectivity index (χ1n) is 5.09. The van der Waals surface area contributed by atoms with Gasteiger partial charge in [-0.15, -0.1) is 0 Å². The molecule has 0 rings (SSSR count). The first-order chi connectivity index (χ1) is 6.22. The summed E-state index contributed by atoms with van der Waals surface area (Å²) >= 11 is 3.51. The highest BCUT2D eigenvalue weighted by Crippen LogP contribution is 2.04. The summed E-state index contributed by atoms with van der Waals surface area (Å²) in [6, 6.07) is 0.585. The number of rotatable bonds is 8. The van der Waals surface area contributed by atoms with E-state index in [1.165, 1.54) is 0 Å². The molecule has 0 saturated heterocycles. The van der Waals surface area contributed by atoms with Gasteiger partial charge in [-0.3, -0.25) is 0 Å². The number of alkyl halides is 1. The lowest BCUT2D eigenvalue weighted by Gasteiger charge is -2.19. The van der Waals surface area contributed by atoms with E-state index in [4.69, 9.17) is 4.74 Å². The zero-order chi connectivity index (χ0) is 10.1. The molecule has 0 aliphatic rings. The Morgan fingerprint density at radius 2 is 2.08 bits per heavy atom. The van der Waals surface area contributed by atoms with Crippen LogP contribution in [0.1, 0.15) is 27.2 Å². The van der Waals surface area contributed by atoms with Gasteiger partial charge in [0.15, 0.2) is 0 Å². The highest BCUT2D eigenvalue weighted by molar-refractivity contribution is 9.09. The van der Waals surface area contributed by atoms with Gasteiger partial charge in [0.2, 0.25) is 0 Å². The van der Waals surface area contributed by atoms with Crippen molar-refractivity contribution in [2.45, 2.75) is 33.2 Å². The van der Waals surface area contributed by atoms with Gasteiger partial charge < -0.3 is 10.1 Å². The Balaban J connectivity index is 3.28. The normalized spacial score (nSPS) is 13.6. The molecule has 0 amide bonds. The highest BCUT2D eigenvalue weighted by Gasteiger charge is 2.09. The summed E-state index contributed by atoms with van der Waals surface area (Å²) in [6.45, 7) is 9.25. The van der Waals surface area contributed by atoms with E-state index in [0.717, 1.165) is 31.5 Å². The molecule has 13 heavy (non-hydrogen) atoms. The van der Waals surface area contributed by atoms with Crippen molar-refractivity contribution in [2.24, 2.45) is 5.92 Å². The standard InChI is InChI=1S/C10H22BrNO/c1-4-13-7-5-6-12-10(8-11)9(2)3/h9-10,12H,4-8H2,1-3H3. The van der Waals surface area contributed by atoms with E-state index in [9.17, 15) is 0 Å². The van der Waals surface area contributed by atoms with Crippen LogP contribution in [0, 0.1) is 5.92 Å². The molecular formula is C10H22BrNO. The third-order valence-electron chi connectivity index (χ3n) is 2.05. The van der Waals surface area contributed by atoms with Crippen LogP contribution in [-0.4, -0.2) is 31.1 Å². The van der Waals surface area contributed by atoms with Gasteiger partial charge in [0.25, 0.3) is 0 Å². The predicted octanol–water partition coefficient (Wildman–Crippen LogP) is 2.42. The van der Waals surface area contributed by atoms with Crippen LogP contribution in [0.4, 0.5) is 0 Å². The molecular weight excluding hydrogens is 230 g/mol. The number of hydrogen-bond acceptors (Lipinski definition) is 2. The summed E-state index contributed by atoms with van der Waals surface area (Å²) in [7, 11) is 0. The maximum Gasteiger partial charge on any atom is 0.0477 e. The molecule has 0 aromatic carbocycles. The van der Waals surface area contributed by atoms with Crippen LogP contribution in [0.5, 0.6) is 0 Å². The maximum absolute atomic E-state index is 5.26. The molecule has 0 aromatic heterocycles. The molecule has 0 bridgehead atoms. The Kier molecular flexibility index (Phi) is 9.25. The summed E-state index contributed by atoms with van der Waals surface area (Å²) in [5.74, 6) is 0.687. The zero-order valence-corrected chi connectivity index (χ0v) is 10.6. The minimum Gasteiger partial charge on any atom is -0.382 e. The molecule has 0 aliphatic carbocycles. The van der Waals surface area contributed by atoms with Gasteiger partial charge in [0, 0.05) is 24.6 Å². The first kappa shape index (κ1) is 13.4. The average Bonchev–Trinajstić information content (AvgIpc) is 2.10. The molecule has 0 aromatic rings. The molecule has 1 atom stereocenters. The summed E-state index contributed by atoms with van der Waals surface area (Å²) in [5.41, 5.74) is 0. The SMILES string of the molecule is CCOCCCNC(CBr)C(C)C. The fourth-order valence-electron chi connectivity index (χ4n) is 1.07. The first-order valence-corrected chi connectivity index (χ1v) is 6.21. The molecule has 1 unspecified atom stereocenters. The molecule has 80 valence electrons. The molecule has 0 fully saturated rings. The summed E-state index contributed by atoms with van der Waals surface area (Å²) in [4.78, 5) is 0. The van der Waals surface area contributed by atoms with E-state index < -0.39 is 0 Å². The van der Waals surface area contributed by atoms with Gasteiger partial charge in [0.05, 0.1) is 0 Å². The Morgan fingerprint density at radius 3 is 2.54 bits per heavy atom. The van der Waals surface area contributed by atoms with Crippen molar-refractivity contribution >= 4 is 15.9 Å². The van der Waals surface area contributed by atoms with Crippen LogP contribution in [0.25, 0.3) is 0 Å². The van der Waals surface area contributed by atoms with Crippen molar-refractivity contribution in [2.75, 3.05) is 25.1 Å². The second kappa shape index (κ2) is 8.97. The van der Waals surface area contributed by atoms with Gasteiger partial charge in [-0.25, -0.2) is 0 Å². The highest BCUT2D eigenvalue weighted by atomic mass is 79.9. The minimum atomic E-state index is 0.585. The van der Waals surface area contributed by atoms with Crippen LogP contribution in [0.15, 0.2) is 0 Å². The van der Waals surface area contributed by atoms with E-state index in [1.54, 1.807) is 0 Å². The van der Waals surface area contributed by atoms with Crippen molar-refractivity contribution in [3.8, 4) is 0 Å².